The Bertz CT molecular complexity index is 185. The second-order valence-corrected chi connectivity index (χ2v) is 5.62. The SMILES string of the molecule is CC(C)C1CCCN(C2CCNC2)CC1. The first-order valence-electron chi connectivity index (χ1n) is 6.72. The molecule has 0 spiro atoms. The average molecular weight is 210 g/mol. The van der Waals surface area contributed by atoms with E-state index in [4.69, 9.17) is 0 Å². The van der Waals surface area contributed by atoms with E-state index in [1.54, 1.807) is 0 Å². The third-order valence-electron chi connectivity index (χ3n) is 4.30. The third-order valence-corrected chi connectivity index (χ3v) is 4.30. The zero-order chi connectivity index (χ0) is 10.7. The highest BCUT2D eigenvalue weighted by molar-refractivity contribution is 4.83. The van der Waals surface area contributed by atoms with Crippen molar-refractivity contribution in [2.45, 2.75) is 45.6 Å². The van der Waals surface area contributed by atoms with Gasteiger partial charge >= 0.3 is 0 Å². The minimum Gasteiger partial charge on any atom is -0.315 e. The lowest BCUT2D eigenvalue weighted by atomic mass is 9.89. The van der Waals surface area contributed by atoms with Crippen LogP contribution in [0.5, 0.6) is 0 Å². The largest absolute Gasteiger partial charge is 0.315 e. The van der Waals surface area contributed by atoms with Gasteiger partial charge in [-0.05, 0) is 57.2 Å². The summed E-state index contributed by atoms with van der Waals surface area (Å²) in [6.45, 7) is 9.92. The Morgan fingerprint density at radius 3 is 2.67 bits per heavy atom. The first kappa shape index (κ1) is 11.4. The Kier molecular flexibility index (Phi) is 4.04. The number of nitrogens with one attached hydrogen (secondary N) is 1. The van der Waals surface area contributed by atoms with Crippen molar-refractivity contribution in [3.63, 3.8) is 0 Å². The minimum absolute atomic E-state index is 0.843. The van der Waals surface area contributed by atoms with Crippen molar-refractivity contribution in [3.05, 3.63) is 0 Å². The van der Waals surface area contributed by atoms with E-state index in [1.807, 2.05) is 0 Å². The number of likely N-dealkylation sites (tertiary alicyclic amines) is 1. The molecule has 2 aliphatic heterocycles. The Hall–Kier alpha value is -0.0800. The van der Waals surface area contributed by atoms with Gasteiger partial charge in [0.2, 0.25) is 0 Å². The van der Waals surface area contributed by atoms with Crippen LogP contribution < -0.4 is 5.32 Å². The van der Waals surface area contributed by atoms with Crippen LogP contribution in [-0.4, -0.2) is 37.1 Å². The molecular formula is C13H26N2. The summed E-state index contributed by atoms with van der Waals surface area (Å²) in [4.78, 5) is 2.74. The molecule has 1 N–H and O–H groups in total. The Morgan fingerprint density at radius 2 is 2.00 bits per heavy atom. The first-order valence-corrected chi connectivity index (χ1v) is 6.72. The predicted octanol–water partition coefficient (Wildman–Crippen LogP) is 2.11. The van der Waals surface area contributed by atoms with Crippen LogP contribution >= 0.6 is 0 Å². The van der Waals surface area contributed by atoms with E-state index in [9.17, 15) is 0 Å². The van der Waals surface area contributed by atoms with Crippen LogP contribution in [0.15, 0.2) is 0 Å². The molecule has 88 valence electrons. The monoisotopic (exact) mass is 210 g/mol. The standard InChI is InChI=1S/C13H26N2/c1-11(2)12-4-3-8-15(9-6-12)13-5-7-14-10-13/h11-14H,3-10H2,1-2H3. The lowest BCUT2D eigenvalue weighted by molar-refractivity contribution is 0.210. The molecular weight excluding hydrogens is 184 g/mol. The van der Waals surface area contributed by atoms with Crippen molar-refractivity contribution in [1.29, 1.82) is 0 Å². The fourth-order valence-corrected chi connectivity index (χ4v) is 3.13. The van der Waals surface area contributed by atoms with E-state index < -0.39 is 0 Å². The van der Waals surface area contributed by atoms with Crippen LogP contribution in [0.25, 0.3) is 0 Å². The molecule has 0 amide bonds. The molecule has 2 rings (SSSR count). The highest BCUT2D eigenvalue weighted by Gasteiger charge is 2.25. The highest BCUT2D eigenvalue weighted by atomic mass is 15.2. The molecule has 0 radical (unpaired) electrons. The van der Waals surface area contributed by atoms with Crippen molar-refractivity contribution >= 4 is 0 Å². The molecule has 15 heavy (non-hydrogen) atoms. The zero-order valence-electron chi connectivity index (χ0n) is 10.3. The Morgan fingerprint density at radius 1 is 1.13 bits per heavy atom. The molecule has 0 aromatic carbocycles. The van der Waals surface area contributed by atoms with Crippen LogP contribution in [-0.2, 0) is 0 Å². The van der Waals surface area contributed by atoms with E-state index in [-0.39, 0.29) is 0 Å². The maximum absolute atomic E-state index is 3.48. The maximum Gasteiger partial charge on any atom is 0.0232 e. The summed E-state index contributed by atoms with van der Waals surface area (Å²) in [5.41, 5.74) is 0. The lowest BCUT2D eigenvalue weighted by Gasteiger charge is -2.26. The van der Waals surface area contributed by atoms with Gasteiger partial charge in [-0.25, -0.2) is 0 Å². The quantitative estimate of drug-likeness (QED) is 0.751. The van der Waals surface area contributed by atoms with Crippen LogP contribution in [0.3, 0.4) is 0 Å². The van der Waals surface area contributed by atoms with E-state index >= 15 is 0 Å². The molecule has 0 aromatic heterocycles. The van der Waals surface area contributed by atoms with Gasteiger partial charge < -0.3 is 5.32 Å². The molecule has 2 atom stereocenters. The average Bonchev–Trinajstić information content (AvgIpc) is 2.62. The van der Waals surface area contributed by atoms with Gasteiger partial charge in [0.15, 0.2) is 0 Å². The van der Waals surface area contributed by atoms with Gasteiger partial charge in [-0.3, -0.25) is 4.90 Å². The third kappa shape index (κ3) is 2.94. The Balaban J connectivity index is 1.83. The fraction of sp³-hybridized carbons (Fsp3) is 1.00. The molecule has 2 aliphatic rings. The number of rotatable bonds is 2. The van der Waals surface area contributed by atoms with Crippen LogP contribution in [0.2, 0.25) is 0 Å². The second kappa shape index (κ2) is 5.31. The summed E-state index contributed by atoms with van der Waals surface area (Å²) in [5.74, 6) is 1.86. The normalized spacial score (nSPS) is 34.6. The van der Waals surface area contributed by atoms with Gasteiger partial charge in [0, 0.05) is 12.6 Å². The lowest BCUT2D eigenvalue weighted by Crippen LogP contribution is -2.37. The molecule has 0 bridgehead atoms. The summed E-state index contributed by atoms with van der Waals surface area (Å²) in [6.07, 6.45) is 5.66. The summed E-state index contributed by atoms with van der Waals surface area (Å²) in [5, 5.41) is 3.48. The van der Waals surface area contributed by atoms with Gasteiger partial charge in [0.1, 0.15) is 0 Å². The number of nitrogens with zero attached hydrogens (tertiary/aromatic N) is 1. The molecule has 2 saturated heterocycles. The van der Waals surface area contributed by atoms with Crippen molar-refractivity contribution < 1.29 is 0 Å². The molecule has 2 heterocycles. The second-order valence-electron chi connectivity index (χ2n) is 5.62. The molecule has 0 aromatic rings. The first-order chi connectivity index (χ1) is 7.27. The molecule has 2 nitrogen and oxygen atoms in total. The molecule has 0 saturated carbocycles. The van der Waals surface area contributed by atoms with Crippen molar-refractivity contribution in [3.8, 4) is 0 Å². The molecule has 2 fully saturated rings. The molecule has 2 heteroatoms. The van der Waals surface area contributed by atoms with Crippen molar-refractivity contribution in [2.75, 3.05) is 26.2 Å². The fourth-order valence-electron chi connectivity index (χ4n) is 3.13. The topological polar surface area (TPSA) is 15.3 Å². The van der Waals surface area contributed by atoms with Crippen molar-refractivity contribution in [2.24, 2.45) is 11.8 Å². The summed E-state index contributed by atoms with van der Waals surface area (Å²) < 4.78 is 0. The summed E-state index contributed by atoms with van der Waals surface area (Å²) in [7, 11) is 0. The Labute approximate surface area is 94.4 Å². The number of hydrogen-bond donors (Lipinski definition) is 1. The van der Waals surface area contributed by atoms with E-state index in [1.165, 1.54) is 51.9 Å². The van der Waals surface area contributed by atoms with Crippen LogP contribution in [0.4, 0.5) is 0 Å². The van der Waals surface area contributed by atoms with Gasteiger partial charge in [0.05, 0.1) is 0 Å². The van der Waals surface area contributed by atoms with Crippen LogP contribution in [0.1, 0.15) is 39.5 Å². The van der Waals surface area contributed by atoms with Crippen LogP contribution in [0, 0.1) is 11.8 Å². The highest BCUT2D eigenvalue weighted by Crippen LogP contribution is 2.26. The minimum atomic E-state index is 0.843. The molecule has 2 unspecified atom stereocenters. The molecule has 0 aliphatic carbocycles. The van der Waals surface area contributed by atoms with E-state index in [0.29, 0.717) is 0 Å². The predicted molar refractivity (Wildman–Crippen MR) is 65.0 cm³/mol. The van der Waals surface area contributed by atoms with Gasteiger partial charge in [-0.1, -0.05) is 13.8 Å². The van der Waals surface area contributed by atoms with Gasteiger partial charge in [-0.15, -0.1) is 0 Å². The van der Waals surface area contributed by atoms with Gasteiger partial charge in [-0.2, -0.15) is 0 Å². The van der Waals surface area contributed by atoms with E-state index in [0.717, 1.165) is 17.9 Å². The smallest absolute Gasteiger partial charge is 0.0232 e. The summed E-state index contributed by atoms with van der Waals surface area (Å²) >= 11 is 0. The van der Waals surface area contributed by atoms with Crippen molar-refractivity contribution in [1.82, 2.24) is 10.2 Å². The number of hydrogen-bond acceptors (Lipinski definition) is 2. The van der Waals surface area contributed by atoms with E-state index in [2.05, 4.69) is 24.1 Å². The zero-order valence-corrected chi connectivity index (χ0v) is 10.3. The van der Waals surface area contributed by atoms with Gasteiger partial charge in [0.25, 0.3) is 0 Å². The summed E-state index contributed by atoms with van der Waals surface area (Å²) in [6, 6.07) is 0.843. The maximum atomic E-state index is 3.48.